The van der Waals surface area contributed by atoms with E-state index in [4.69, 9.17) is 10.2 Å². The summed E-state index contributed by atoms with van der Waals surface area (Å²) in [6.07, 6.45) is -7.74. The quantitative estimate of drug-likeness (QED) is 0.218. The second-order valence-electron chi connectivity index (χ2n) is 5.06. The first-order chi connectivity index (χ1) is 10.6. The lowest BCUT2D eigenvalue weighted by Crippen LogP contribution is -2.51. The van der Waals surface area contributed by atoms with Crippen LogP contribution < -0.4 is 10.6 Å². The maximum atomic E-state index is 11.7. The molecule has 0 bridgehead atoms. The van der Waals surface area contributed by atoms with Gasteiger partial charge in [0.05, 0.1) is 6.10 Å². The number of carbonyl (C=O) groups is 3. The Hall–Kier alpha value is -1.75. The summed E-state index contributed by atoms with van der Waals surface area (Å²) in [4.78, 5) is 33.6. The van der Waals surface area contributed by atoms with Crippen molar-refractivity contribution in [2.45, 2.75) is 44.2 Å². The topological polar surface area (TPSA) is 176 Å². The molecule has 7 N–H and O–H groups in total. The van der Waals surface area contributed by atoms with Crippen LogP contribution in [-0.2, 0) is 14.4 Å². The average molecular weight is 336 g/mol. The van der Waals surface area contributed by atoms with Crippen LogP contribution in [-0.4, -0.2) is 81.3 Å². The molecule has 0 spiro atoms. The number of hydrogen-bond donors (Lipinski definition) is 7. The fraction of sp³-hybridized carbons (Fsp3) is 0.769. The first-order valence-corrected chi connectivity index (χ1v) is 7.09. The van der Waals surface area contributed by atoms with Crippen molar-refractivity contribution in [1.82, 2.24) is 10.6 Å². The Morgan fingerprint density at radius 1 is 1.04 bits per heavy atom. The molecule has 0 aromatic rings. The van der Waals surface area contributed by atoms with Gasteiger partial charge in [-0.3, -0.25) is 9.59 Å². The Balaban J connectivity index is 4.41. The van der Waals surface area contributed by atoms with E-state index in [1.165, 1.54) is 7.05 Å². The van der Waals surface area contributed by atoms with Gasteiger partial charge in [0.1, 0.15) is 12.2 Å². The molecule has 0 heterocycles. The molecular formula is C13H24N2O8. The van der Waals surface area contributed by atoms with Crippen molar-refractivity contribution in [3.63, 3.8) is 0 Å². The van der Waals surface area contributed by atoms with E-state index in [0.29, 0.717) is 6.42 Å². The van der Waals surface area contributed by atoms with Crippen LogP contribution in [0, 0.1) is 5.92 Å². The average Bonchev–Trinajstić information content (AvgIpc) is 2.54. The van der Waals surface area contributed by atoms with E-state index in [0.717, 1.165) is 0 Å². The lowest BCUT2D eigenvalue weighted by Gasteiger charge is -2.25. The number of rotatable bonds is 10. The highest BCUT2D eigenvalue weighted by molar-refractivity contribution is 5.85. The molecule has 0 saturated heterocycles. The van der Waals surface area contributed by atoms with Gasteiger partial charge in [0, 0.05) is 25.9 Å². The minimum atomic E-state index is -2.27. The SMILES string of the molecule is CCC(CC(=O)NCC(O)C(O)C(O)C(O)C(=O)O)C(=O)NC. The van der Waals surface area contributed by atoms with Gasteiger partial charge < -0.3 is 36.2 Å². The second-order valence-corrected chi connectivity index (χ2v) is 5.06. The van der Waals surface area contributed by atoms with Gasteiger partial charge in [-0.2, -0.15) is 0 Å². The molecule has 2 amide bonds. The van der Waals surface area contributed by atoms with Crippen LogP contribution in [0.5, 0.6) is 0 Å². The van der Waals surface area contributed by atoms with E-state index >= 15 is 0 Å². The third-order valence-corrected chi connectivity index (χ3v) is 3.37. The lowest BCUT2D eigenvalue weighted by atomic mass is 10.0. The summed E-state index contributed by atoms with van der Waals surface area (Å²) in [5, 5.41) is 50.8. The molecule has 134 valence electrons. The summed E-state index contributed by atoms with van der Waals surface area (Å²) in [5.74, 6) is -3.16. The van der Waals surface area contributed by atoms with E-state index in [9.17, 15) is 29.7 Å². The fourth-order valence-electron chi connectivity index (χ4n) is 1.82. The number of aliphatic hydroxyl groups excluding tert-OH is 4. The van der Waals surface area contributed by atoms with Gasteiger partial charge >= 0.3 is 5.97 Å². The van der Waals surface area contributed by atoms with Crippen molar-refractivity contribution in [2.75, 3.05) is 13.6 Å². The molecule has 5 unspecified atom stereocenters. The molecule has 0 aromatic carbocycles. The summed E-state index contributed by atoms with van der Waals surface area (Å²) >= 11 is 0. The maximum Gasteiger partial charge on any atom is 0.335 e. The van der Waals surface area contributed by atoms with Crippen LogP contribution in [0.4, 0.5) is 0 Å². The number of hydrogen-bond acceptors (Lipinski definition) is 7. The molecular weight excluding hydrogens is 312 g/mol. The molecule has 10 heteroatoms. The molecule has 0 radical (unpaired) electrons. The molecule has 0 aromatic heterocycles. The Kier molecular flexibility index (Phi) is 9.34. The van der Waals surface area contributed by atoms with Gasteiger partial charge in [-0.1, -0.05) is 6.92 Å². The summed E-state index contributed by atoms with van der Waals surface area (Å²) in [6.45, 7) is 1.25. The molecule has 5 atom stereocenters. The van der Waals surface area contributed by atoms with Crippen molar-refractivity contribution in [3.8, 4) is 0 Å². The van der Waals surface area contributed by atoms with Crippen LogP contribution in [0.3, 0.4) is 0 Å². The van der Waals surface area contributed by atoms with Gasteiger partial charge in [0.25, 0.3) is 0 Å². The van der Waals surface area contributed by atoms with Crippen molar-refractivity contribution in [1.29, 1.82) is 0 Å². The predicted molar refractivity (Wildman–Crippen MR) is 77.1 cm³/mol. The van der Waals surface area contributed by atoms with E-state index in [2.05, 4.69) is 10.6 Å². The summed E-state index contributed by atoms with van der Waals surface area (Å²) < 4.78 is 0. The Bertz CT molecular complexity index is 417. The molecule has 0 fully saturated rings. The number of carboxylic acid groups (broad SMARTS) is 1. The van der Waals surface area contributed by atoms with Gasteiger partial charge in [-0.15, -0.1) is 0 Å². The first-order valence-electron chi connectivity index (χ1n) is 7.09. The maximum absolute atomic E-state index is 11.7. The molecule has 10 nitrogen and oxygen atoms in total. The molecule has 0 rings (SSSR count). The second kappa shape index (κ2) is 10.1. The van der Waals surface area contributed by atoms with Gasteiger partial charge in [0.2, 0.25) is 11.8 Å². The zero-order valence-corrected chi connectivity index (χ0v) is 13.0. The Morgan fingerprint density at radius 2 is 1.61 bits per heavy atom. The van der Waals surface area contributed by atoms with E-state index in [1.807, 2.05) is 0 Å². The van der Waals surface area contributed by atoms with Crippen LogP contribution in [0.25, 0.3) is 0 Å². The summed E-state index contributed by atoms with van der Waals surface area (Å²) in [5.41, 5.74) is 0. The largest absolute Gasteiger partial charge is 0.479 e. The Morgan fingerprint density at radius 3 is 2.04 bits per heavy atom. The smallest absolute Gasteiger partial charge is 0.335 e. The van der Waals surface area contributed by atoms with Crippen molar-refractivity contribution in [3.05, 3.63) is 0 Å². The number of aliphatic hydroxyl groups is 4. The molecule has 0 aliphatic heterocycles. The van der Waals surface area contributed by atoms with Gasteiger partial charge in [0.15, 0.2) is 6.10 Å². The van der Waals surface area contributed by atoms with Crippen molar-refractivity contribution in [2.24, 2.45) is 5.92 Å². The predicted octanol–water partition coefficient (Wildman–Crippen LogP) is -3.21. The van der Waals surface area contributed by atoms with E-state index < -0.39 is 48.8 Å². The third kappa shape index (κ3) is 6.91. The summed E-state index contributed by atoms with van der Waals surface area (Å²) in [7, 11) is 1.44. The number of carbonyl (C=O) groups excluding carboxylic acids is 2. The number of amides is 2. The van der Waals surface area contributed by atoms with Gasteiger partial charge in [-0.25, -0.2) is 4.79 Å². The Labute approximate surface area is 133 Å². The molecule has 0 aliphatic carbocycles. The first kappa shape index (κ1) is 21.2. The highest BCUT2D eigenvalue weighted by Gasteiger charge is 2.34. The minimum Gasteiger partial charge on any atom is -0.479 e. The minimum absolute atomic E-state index is 0.126. The zero-order chi connectivity index (χ0) is 18.2. The van der Waals surface area contributed by atoms with Gasteiger partial charge in [-0.05, 0) is 6.42 Å². The van der Waals surface area contributed by atoms with Crippen LogP contribution in [0.1, 0.15) is 19.8 Å². The molecule has 23 heavy (non-hydrogen) atoms. The number of aliphatic carboxylic acids is 1. The molecule has 0 saturated carbocycles. The van der Waals surface area contributed by atoms with Crippen LogP contribution in [0.15, 0.2) is 0 Å². The van der Waals surface area contributed by atoms with Crippen molar-refractivity contribution < 1.29 is 39.9 Å². The number of nitrogens with one attached hydrogen (secondary N) is 2. The lowest BCUT2D eigenvalue weighted by molar-refractivity contribution is -0.162. The van der Waals surface area contributed by atoms with Crippen LogP contribution in [0.2, 0.25) is 0 Å². The highest BCUT2D eigenvalue weighted by Crippen LogP contribution is 2.09. The van der Waals surface area contributed by atoms with Crippen molar-refractivity contribution >= 4 is 17.8 Å². The highest BCUT2D eigenvalue weighted by atomic mass is 16.4. The standard InChI is InChI=1S/C13H24N2O8/c1-3-6(12(21)14-2)4-8(17)15-5-7(16)9(18)10(19)11(20)13(22)23/h6-7,9-11,16,18-20H,3-5H2,1-2H3,(H,14,21)(H,15,17)(H,22,23). The van der Waals surface area contributed by atoms with E-state index in [-0.39, 0.29) is 12.3 Å². The molecule has 0 aliphatic rings. The monoisotopic (exact) mass is 336 g/mol. The normalized spacial score (nSPS) is 17.5. The third-order valence-electron chi connectivity index (χ3n) is 3.37. The zero-order valence-electron chi connectivity index (χ0n) is 13.0. The summed E-state index contributed by atoms with van der Waals surface area (Å²) in [6, 6.07) is 0. The fourth-order valence-corrected chi connectivity index (χ4v) is 1.82. The van der Waals surface area contributed by atoms with Crippen LogP contribution >= 0.6 is 0 Å². The number of carboxylic acids is 1. The van der Waals surface area contributed by atoms with E-state index in [1.54, 1.807) is 6.92 Å².